The van der Waals surface area contributed by atoms with Crippen LogP contribution in [-0.4, -0.2) is 44.0 Å². The van der Waals surface area contributed by atoms with Gasteiger partial charge in [-0.3, -0.25) is 4.79 Å². The van der Waals surface area contributed by atoms with E-state index in [-0.39, 0.29) is 5.91 Å². The summed E-state index contributed by atoms with van der Waals surface area (Å²) in [7, 11) is 0. The number of nitrogens with zero attached hydrogens (tertiary/aromatic N) is 4. The Labute approximate surface area is 158 Å². The van der Waals surface area contributed by atoms with Gasteiger partial charge in [-0.2, -0.15) is 4.98 Å². The number of H-pyrrole nitrogens is 1. The minimum atomic E-state index is 0.226. The molecule has 1 amide bonds. The number of aromatic amines is 1. The smallest absolute Gasteiger partial charge is 0.226 e. The summed E-state index contributed by atoms with van der Waals surface area (Å²) in [5.74, 6) is 2.07. The zero-order valence-electron chi connectivity index (χ0n) is 15.6. The number of likely N-dealkylation sites (tertiary alicyclic amines) is 1. The molecule has 142 valence electrons. The minimum Gasteiger partial charge on any atom is -0.346 e. The fourth-order valence-electron chi connectivity index (χ4n) is 3.84. The third-order valence-electron chi connectivity index (χ3n) is 5.38. The van der Waals surface area contributed by atoms with E-state index in [1.807, 2.05) is 17.9 Å². The van der Waals surface area contributed by atoms with Gasteiger partial charge in [-0.1, -0.05) is 12.1 Å². The minimum absolute atomic E-state index is 0.226. The van der Waals surface area contributed by atoms with Crippen molar-refractivity contribution in [3.05, 3.63) is 41.8 Å². The number of aryl methyl sites for hydroxylation is 2. The average molecular weight is 367 g/mol. The Bertz CT molecular complexity index is 908. The second kappa shape index (κ2) is 7.90. The molecule has 1 saturated heterocycles. The second-order valence-corrected chi connectivity index (χ2v) is 7.11. The number of nitrogens with one attached hydrogen (secondary N) is 1. The van der Waals surface area contributed by atoms with E-state index in [9.17, 15) is 4.79 Å². The quantitative estimate of drug-likeness (QED) is 0.722. The monoisotopic (exact) mass is 367 g/mol. The summed E-state index contributed by atoms with van der Waals surface area (Å²) in [6.45, 7) is 3.63. The molecule has 27 heavy (non-hydrogen) atoms. The molecule has 0 unspecified atom stereocenters. The van der Waals surface area contributed by atoms with Crippen LogP contribution >= 0.6 is 0 Å². The molecule has 0 bridgehead atoms. The van der Waals surface area contributed by atoms with E-state index in [1.165, 1.54) is 10.9 Å². The maximum absolute atomic E-state index is 12.5. The van der Waals surface area contributed by atoms with Gasteiger partial charge >= 0.3 is 0 Å². The summed E-state index contributed by atoms with van der Waals surface area (Å²) in [6.07, 6.45) is 8.59. The lowest BCUT2D eigenvalue weighted by molar-refractivity contribution is -0.132. The van der Waals surface area contributed by atoms with Gasteiger partial charge in [0.2, 0.25) is 11.8 Å². The second-order valence-electron chi connectivity index (χ2n) is 7.11. The number of rotatable bonds is 6. The van der Waals surface area contributed by atoms with Gasteiger partial charge in [0.25, 0.3) is 0 Å². The van der Waals surface area contributed by atoms with E-state index in [2.05, 4.69) is 32.4 Å². The van der Waals surface area contributed by atoms with E-state index in [0.29, 0.717) is 24.7 Å². The van der Waals surface area contributed by atoms with Crippen LogP contribution in [0.2, 0.25) is 0 Å². The van der Waals surface area contributed by atoms with Crippen LogP contribution < -0.4 is 0 Å². The van der Waals surface area contributed by atoms with Crippen molar-refractivity contribution in [2.75, 3.05) is 13.1 Å². The van der Waals surface area contributed by atoms with Crippen molar-refractivity contribution in [3.63, 3.8) is 0 Å². The molecule has 0 atom stereocenters. The van der Waals surface area contributed by atoms with Gasteiger partial charge in [0, 0.05) is 50.1 Å². The van der Waals surface area contributed by atoms with E-state index < -0.39 is 0 Å². The van der Waals surface area contributed by atoms with Crippen molar-refractivity contribution >= 4 is 16.9 Å². The van der Waals surface area contributed by atoms with Crippen LogP contribution in [0.15, 0.2) is 29.0 Å². The number of piperidine rings is 1. The Kier molecular flexibility index (Phi) is 5.18. The normalized spacial score (nSPS) is 15.5. The Morgan fingerprint density at radius 3 is 3.00 bits per heavy atom. The molecule has 0 aromatic carbocycles. The van der Waals surface area contributed by atoms with Gasteiger partial charge in [-0.25, -0.2) is 4.98 Å². The molecule has 4 heterocycles. The van der Waals surface area contributed by atoms with Crippen molar-refractivity contribution in [2.24, 2.45) is 0 Å². The molecule has 0 radical (unpaired) electrons. The fraction of sp³-hybridized carbons (Fsp3) is 0.500. The van der Waals surface area contributed by atoms with Crippen molar-refractivity contribution in [3.8, 4) is 0 Å². The first kappa shape index (κ1) is 17.7. The van der Waals surface area contributed by atoms with Gasteiger partial charge < -0.3 is 14.4 Å². The Hall–Kier alpha value is -2.70. The van der Waals surface area contributed by atoms with E-state index >= 15 is 0 Å². The number of hydrogen-bond acceptors (Lipinski definition) is 5. The predicted molar refractivity (Wildman–Crippen MR) is 101 cm³/mol. The lowest BCUT2D eigenvalue weighted by Crippen LogP contribution is -2.37. The van der Waals surface area contributed by atoms with Gasteiger partial charge in [-0.15, -0.1) is 0 Å². The number of carbonyl (C=O) groups excluding carboxylic acids is 1. The molecule has 7 nitrogen and oxygen atoms in total. The van der Waals surface area contributed by atoms with Crippen LogP contribution in [0.25, 0.3) is 11.0 Å². The maximum atomic E-state index is 12.5. The summed E-state index contributed by atoms with van der Waals surface area (Å²) in [5.41, 5.74) is 2.27. The standard InChI is InChI=1S/C20H25N5O2/c1-2-17-23-18(27-24-17)6-3-7-19(26)25-11-8-14(9-12-25)16-13-22-20-15(16)5-4-10-21-20/h4-5,10,13-14H,2-3,6-9,11-12H2,1H3,(H,21,22). The summed E-state index contributed by atoms with van der Waals surface area (Å²) in [4.78, 5) is 26.4. The van der Waals surface area contributed by atoms with Crippen molar-refractivity contribution < 1.29 is 9.32 Å². The third-order valence-corrected chi connectivity index (χ3v) is 5.38. The van der Waals surface area contributed by atoms with Gasteiger partial charge in [0.15, 0.2) is 5.82 Å². The molecule has 7 heteroatoms. The Balaban J connectivity index is 1.26. The van der Waals surface area contributed by atoms with Crippen molar-refractivity contribution in [1.82, 2.24) is 25.0 Å². The molecular weight excluding hydrogens is 342 g/mol. The molecule has 1 aliphatic rings. The van der Waals surface area contributed by atoms with Crippen LogP contribution in [0.1, 0.15) is 55.8 Å². The zero-order valence-corrected chi connectivity index (χ0v) is 15.6. The number of aromatic nitrogens is 4. The highest BCUT2D eigenvalue weighted by atomic mass is 16.5. The highest BCUT2D eigenvalue weighted by Gasteiger charge is 2.25. The van der Waals surface area contributed by atoms with Crippen LogP contribution in [0.4, 0.5) is 0 Å². The lowest BCUT2D eigenvalue weighted by Gasteiger charge is -2.32. The van der Waals surface area contributed by atoms with Crippen LogP contribution in [-0.2, 0) is 17.6 Å². The molecule has 0 saturated carbocycles. The zero-order chi connectivity index (χ0) is 18.6. The average Bonchev–Trinajstić information content (AvgIpc) is 3.35. The molecule has 0 spiro atoms. The third kappa shape index (κ3) is 3.86. The van der Waals surface area contributed by atoms with Crippen molar-refractivity contribution in [2.45, 2.75) is 51.4 Å². The van der Waals surface area contributed by atoms with Gasteiger partial charge in [-0.05, 0) is 42.9 Å². The van der Waals surface area contributed by atoms with E-state index in [0.717, 1.165) is 50.2 Å². The maximum Gasteiger partial charge on any atom is 0.226 e. The molecule has 1 aliphatic heterocycles. The summed E-state index contributed by atoms with van der Waals surface area (Å²) in [6, 6.07) is 4.10. The topological polar surface area (TPSA) is 87.9 Å². The lowest BCUT2D eigenvalue weighted by atomic mass is 9.89. The highest BCUT2D eigenvalue weighted by Crippen LogP contribution is 2.32. The summed E-state index contributed by atoms with van der Waals surface area (Å²) < 4.78 is 5.18. The summed E-state index contributed by atoms with van der Waals surface area (Å²) in [5, 5.41) is 5.09. The molecule has 1 fully saturated rings. The Morgan fingerprint density at radius 2 is 2.22 bits per heavy atom. The van der Waals surface area contributed by atoms with Crippen LogP contribution in [0.3, 0.4) is 0 Å². The fourth-order valence-corrected chi connectivity index (χ4v) is 3.84. The molecule has 0 aliphatic carbocycles. The number of amides is 1. The number of fused-ring (bicyclic) bond motifs is 1. The SMILES string of the molecule is CCc1noc(CCCC(=O)N2CCC(c3c[nH]c4ncccc34)CC2)n1. The van der Waals surface area contributed by atoms with E-state index in [4.69, 9.17) is 4.52 Å². The molecule has 3 aromatic heterocycles. The first-order valence-corrected chi connectivity index (χ1v) is 9.76. The van der Waals surface area contributed by atoms with Crippen LogP contribution in [0, 0.1) is 0 Å². The number of carbonyl (C=O) groups is 1. The molecule has 1 N–H and O–H groups in total. The largest absolute Gasteiger partial charge is 0.346 e. The first-order valence-electron chi connectivity index (χ1n) is 9.76. The number of hydrogen-bond donors (Lipinski definition) is 1. The van der Waals surface area contributed by atoms with Crippen molar-refractivity contribution in [1.29, 1.82) is 0 Å². The van der Waals surface area contributed by atoms with Gasteiger partial charge in [0.1, 0.15) is 5.65 Å². The van der Waals surface area contributed by atoms with Gasteiger partial charge in [0.05, 0.1) is 0 Å². The number of pyridine rings is 1. The predicted octanol–water partition coefficient (Wildman–Crippen LogP) is 3.24. The molecular formula is C20H25N5O2. The highest BCUT2D eigenvalue weighted by molar-refractivity contribution is 5.80. The molecule has 4 rings (SSSR count). The Morgan fingerprint density at radius 1 is 1.37 bits per heavy atom. The van der Waals surface area contributed by atoms with Crippen LogP contribution in [0.5, 0.6) is 0 Å². The van der Waals surface area contributed by atoms with E-state index in [1.54, 1.807) is 6.20 Å². The molecule has 3 aromatic rings. The summed E-state index contributed by atoms with van der Waals surface area (Å²) >= 11 is 0. The first-order chi connectivity index (χ1) is 13.2.